The van der Waals surface area contributed by atoms with Crippen molar-refractivity contribution < 1.29 is 4.79 Å². The number of carbonyl (C=O) groups is 1. The van der Waals surface area contributed by atoms with Gasteiger partial charge in [-0.25, -0.2) is 0 Å². The lowest BCUT2D eigenvalue weighted by atomic mass is 10.3. The number of nitrogens with zero attached hydrogens (tertiary/aromatic N) is 5. The highest BCUT2D eigenvalue weighted by atomic mass is 79.9. The molecular weight excluding hydrogens is 310 g/mol. The van der Waals surface area contributed by atoms with Gasteiger partial charge in [0.25, 0.3) is 5.91 Å². The third-order valence-corrected chi connectivity index (χ3v) is 3.63. The molecule has 0 saturated heterocycles. The Morgan fingerprint density at radius 3 is 2.58 bits per heavy atom. The Bertz CT molecular complexity index is 596. The highest BCUT2D eigenvalue weighted by Gasteiger charge is 2.18. The fourth-order valence-electron chi connectivity index (χ4n) is 1.92. The SMILES string of the molecule is Cc1cc(C(=O)N(C)Cc2c(Br)cnn2C)n(C)n1. The fourth-order valence-corrected chi connectivity index (χ4v) is 2.39. The minimum absolute atomic E-state index is 0.0591. The van der Waals surface area contributed by atoms with Gasteiger partial charge in [-0.2, -0.15) is 10.2 Å². The first-order valence-corrected chi connectivity index (χ1v) is 6.62. The van der Waals surface area contributed by atoms with Gasteiger partial charge in [0.05, 0.1) is 28.6 Å². The molecule has 0 fully saturated rings. The minimum atomic E-state index is -0.0591. The van der Waals surface area contributed by atoms with Crippen LogP contribution in [0.2, 0.25) is 0 Å². The van der Waals surface area contributed by atoms with Crippen LogP contribution in [0.4, 0.5) is 0 Å². The van der Waals surface area contributed by atoms with Crippen LogP contribution in [-0.2, 0) is 20.6 Å². The molecule has 2 aromatic rings. The number of aryl methyl sites for hydroxylation is 3. The van der Waals surface area contributed by atoms with E-state index in [1.807, 2.05) is 14.0 Å². The maximum atomic E-state index is 12.3. The predicted octanol–water partition coefficient (Wildman–Crippen LogP) is 1.50. The van der Waals surface area contributed by atoms with Crippen molar-refractivity contribution in [1.29, 1.82) is 0 Å². The van der Waals surface area contributed by atoms with Crippen LogP contribution in [0.3, 0.4) is 0 Å². The molecule has 6 nitrogen and oxygen atoms in total. The van der Waals surface area contributed by atoms with E-state index in [1.165, 1.54) is 0 Å². The molecule has 0 bridgehead atoms. The van der Waals surface area contributed by atoms with Crippen LogP contribution in [0.1, 0.15) is 21.9 Å². The van der Waals surface area contributed by atoms with Gasteiger partial charge in [0.2, 0.25) is 0 Å². The van der Waals surface area contributed by atoms with Gasteiger partial charge >= 0.3 is 0 Å². The van der Waals surface area contributed by atoms with Crippen molar-refractivity contribution in [3.8, 4) is 0 Å². The maximum absolute atomic E-state index is 12.3. The Labute approximate surface area is 120 Å². The Morgan fingerprint density at radius 2 is 2.11 bits per heavy atom. The molecule has 0 spiro atoms. The van der Waals surface area contributed by atoms with Gasteiger partial charge in [0, 0.05) is 21.1 Å². The lowest BCUT2D eigenvalue weighted by Gasteiger charge is -2.17. The summed E-state index contributed by atoms with van der Waals surface area (Å²) < 4.78 is 4.25. The molecule has 19 heavy (non-hydrogen) atoms. The molecule has 0 atom stereocenters. The second-order valence-corrected chi connectivity index (χ2v) is 5.37. The zero-order chi connectivity index (χ0) is 14.2. The van der Waals surface area contributed by atoms with Crippen molar-refractivity contribution in [2.24, 2.45) is 14.1 Å². The number of hydrogen-bond donors (Lipinski definition) is 0. The van der Waals surface area contributed by atoms with Crippen LogP contribution in [0.15, 0.2) is 16.7 Å². The van der Waals surface area contributed by atoms with Crippen molar-refractivity contribution in [1.82, 2.24) is 24.5 Å². The summed E-state index contributed by atoms with van der Waals surface area (Å²) in [6.07, 6.45) is 1.72. The van der Waals surface area contributed by atoms with E-state index in [0.29, 0.717) is 12.2 Å². The predicted molar refractivity (Wildman–Crippen MR) is 74.7 cm³/mol. The van der Waals surface area contributed by atoms with E-state index in [9.17, 15) is 4.79 Å². The van der Waals surface area contributed by atoms with Crippen LogP contribution < -0.4 is 0 Å². The first kappa shape index (κ1) is 13.8. The summed E-state index contributed by atoms with van der Waals surface area (Å²) in [5, 5.41) is 8.33. The van der Waals surface area contributed by atoms with Crippen LogP contribution in [0.25, 0.3) is 0 Å². The topological polar surface area (TPSA) is 56.0 Å². The average molecular weight is 326 g/mol. The molecule has 0 aliphatic rings. The second-order valence-electron chi connectivity index (χ2n) is 4.52. The van der Waals surface area contributed by atoms with Crippen LogP contribution in [0, 0.1) is 6.92 Å². The van der Waals surface area contributed by atoms with Gasteiger partial charge in [0.1, 0.15) is 5.69 Å². The van der Waals surface area contributed by atoms with Crippen LogP contribution in [0.5, 0.6) is 0 Å². The number of amides is 1. The monoisotopic (exact) mass is 325 g/mol. The summed E-state index contributed by atoms with van der Waals surface area (Å²) >= 11 is 3.43. The van der Waals surface area contributed by atoms with Gasteiger partial charge in [-0.1, -0.05) is 0 Å². The van der Waals surface area contributed by atoms with Crippen molar-refractivity contribution in [2.75, 3.05) is 7.05 Å². The summed E-state index contributed by atoms with van der Waals surface area (Å²) in [4.78, 5) is 14.0. The Balaban J connectivity index is 2.19. The molecule has 2 heterocycles. The van der Waals surface area contributed by atoms with E-state index in [4.69, 9.17) is 0 Å². The second kappa shape index (κ2) is 5.16. The number of hydrogen-bond acceptors (Lipinski definition) is 3. The number of halogens is 1. The molecule has 1 amide bonds. The highest BCUT2D eigenvalue weighted by Crippen LogP contribution is 2.17. The quantitative estimate of drug-likeness (QED) is 0.859. The molecule has 0 unspecified atom stereocenters. The lowest BCUT2D eigenvalue weighted by Crippen LogP contribution is -2.29. The molecule has 2 aromatic heterocycles. The standard InChI is InChI=1S/C12H16BrN5O/c1-8-5-10(18(4)15-8)12(19)16(2)7-11-9(13)6-14-17(11)3/h5-6H,7H2,1-4H3. The van der Waals surface area contributed by atoms with Gasteiger partial charge in [0.15, 0.2) is 0 Å². The van der Waals surface area contributed by atoms with E-state index in [2.05, 4.69) is 26.1 Å². The molecule has 2 rings (SSSR count). The number of rotatable bonds is 3. The van der Waals surface area contributed by atoms with Gasteiger partial charge in [-0.05, 0) is 28.9 Å². The maximum Gasteiger partial charge on any atom is 0.272 e. The smallest absolute Gasteiger partial charge is 0.272 e. The van der Waals surface area contributed by atoms with Gasteiger partial charge in [-0.3, -0.25) is 14.2 Å². The summed E-state index contributed by atoms with van der Waals surface area (Å²) in [7, 11) is 5.39. The molecule has 0 saturated carbocycles. The normalized spacial score (nSPS) is 10.8. The van der Waals surface area contributed by atoms with Crippen LogP contribution >= 0.6 is 15.9 Å². The highest BCUT2D eigenvalue weighted by molar-refractivity contribution is 9.10. The molecule has 0 aromatic carbocycles. The summed E-state index contributed by atoms with van der Waals surface area (Å²) in [6, 6.07) is 1.79. The number of carbonyl (C=O) groups excluding carboxylic acids is 1. The largest absolute Gasteiger partial charge is 0.334 e. The molecule has 0 N–H and O–H groups in total. The van der Waals surface area contributed by atoms with Crippen molar-refractivity contribution in [3.05, 3.63) is 33.8 Å². The van der Waals surface area contributed by atoms with Gasteiger partial charge in [-0.15, -0.1) is 0 Å². The van der Waals surface area contributed by atoms with E-state index < -0.39 is 0 Å². The summed E-state index contributed by atoms with van der Waals surface area (Å²) in [6.45, 7) is 2.36. The summed E-state index contributed by atoms with van der Waals surface area (Å²) in [5.41, 5.74) is 2.37. The minimum Gasteiger partial charge on any atom is -0.334 e. The lowest BCUT2D eigenvalue weighted by molar-refractivity contribution is 0.0771. The first-order chi connectivity index (χ1) is 8.90. The van der Waals surface area contributed by atoms with E-state index in [1.54, 1.807) is 40.6 Å². The van der Waals surface area contributed by atoms with Crippen molar-refractivity contribution >= 4 is 21.8 Å². The molecule has 7 heteroatoms. The van der Waals surface area contributed by atoms with E-state index in [0.717, 1.165) is 15.9 Å². The fraction of sp³-hybridized carbons (Fsp3) is 0.417. The molecule has 102 valence electrons. The van der Waals surface area contributed by atoms with Crippen LogP contribution in [-0.4, -0.2) is 37.4 Å². The average Bonchev–Trinajstić information content (AvgIpc) is 2.84. The third-order valence-electron chi connectivity index (χ3n) is 2.97. The molecular formula is C12H16BrN5O. The molecule has 0 aliphatic heterocycles. The zero-order valence-electron chi connectivity index (χ0n) is 11.4. The molecule has 0 aliphatic carbocycles. The third kappa shape index (κ3) is 2.70. The Hall–Kier alpha value is -1.63. The summed E-state index contributed by atoms with van der Waals surface area (Å²) in [5.74, 6) is -0.0591. The molecule has 0 radical (unpaired) electrons. The van der Waals surface area contributed by atoms with Crippen molar-refractivity contribution in [2.45, 2.75) is 13.5 Å². The van der Waals surface area contributed by atoms with Crippen molar-refractivity contribution in [3.63, 3.8) is 0 Å². The van der Waals surface area contributed by atoms with E-state index >= 15 is 0 Å². The zero-order valence-corrected chi connectivity index (χ0v) is 13.0. The first-order valence-electron chi connectivity index (χ1n) is 5.82. The Kier molecular flexibility index (Phi) is 3.75. The van der Waals surface area contributed by atoms with Gasteiger partial charge < -0.3 is 4.90 Å². The number of aromatic nitrogens is 4. The Morgan fingerprint density at radius 1 is 1.42 bits per heavy atom. The van der Waals surface area contributed by atoms with E-state index in [-0.39, 0.29) is 5.91 Å².